The van der Waals surface area contributed by atoms with Gasteiger partial charge in [-0.3, -0.25) is 14.6 Å². The van der Waals surface area contributed by atoms with E-state index < -0.39 is 18.4 Å². The molecule has 0 saturated carbocycles. The van der Waals surface area contributed by atoms with Crippen molar-refractivity contribution in [2.24, 2.45) is 5.10 Å². The van der Waals surface area contributed by atoms with Gasteiger partial charge in [-0.2, -0.15) is 0 Å². The lowest BCUT2D eigenvalue weighted by atomic mass is 10.3. The summed E-state index contributed by atoms with van der Waals surface area (Å²) in [6, 6.07) is 3.40. The van der Waals surface area contributed by atoms with Crippen LogP contribution in [0.2, 0.25) is 0 Å². The Morgan fingerprint density at radius 1 is 1.59 bits per heavy atom. The highest BCUT2D eigenvalue weighted by Gasteiger charge is 2.24. The molecule has 0 aliphatic carbocycles. The van der Waals surface area contributed by atoms with E-state index in [0.717, 1.165) is 5.01 Å². The van der Waals surface area contributed by atoms with E-state index >= 15 is 0 Å². The Bertz CT molecular complexity index is 472. The quantitative estimate of drug-likeness (QED) is 0.775. The van der Waals surface area contributed by atoms with E-state index in [9.17, 15) is 9.59 Å². The number of rotatable bonds is 3. The van der Waals surface area contributed by atoms with Crippen molar-refractivity contribution in [2.75, 3.05) is 13.2 Å². The third kappa shape index (κ3) is 2.57. The Morgan fingerprint density at radius 2 is 2.41 bits per heavy atom. The second-order valence-corrected chi connectivity index (χ2v) is 3.28. The van der Waals surface area contributed by atoms with Gasteiger partial charge in [0.15, 0.2) is 6.61 Å². The van der Waals surface area contributed by atoms with Crippen LogP contribution in [-0.2, 0) is 14.3 Å². The predicted octanol–water partition coefficient (Wildman–Crippen LogP) is -0.313. The average Bonchev–Trinajstić information content (AvgIpc) is 2.32. The van der Waals surface area contributed by atoms with Crippen molar-refractivity contribution in [2.45, 2.75) is 0 Å². The van der Waals surface area contributed by atoms with Gasteiger partial charge >= 0.3 is 5.97 Å². The number of carboxylic acids is 1. The molecule has 1 aromatic heterocycles. The van der Waals surface area contributed by atoms with Gasteiger partial charge in [-0.1, -0.05) is 0 Å². The van der Waals surface area contributed by atoms with Gasteiger partial charge in [0.2, 0.25) is 5.90 Å². The first kappa shape index (κ1) is 11.1. The molecule has 7 heteroatoms. The highest BCUT2D eigenvalue weighted by atomic mass is 16.5. The number of aliphatic carboxylic acids is 1. The van der Waals surface area contributed by atoms with Crippen molar-refractivity contribution >= 4 is 17.8 Å². The SMILES string of the molecule is O=C(O)CN1N=C(c2cccnc2)OCC1=O. The van der Waals surface area contributed by atoms with E-state index in [1.807, 2.05) is 0 Å². The van der Waals surface area contributed by atoms with E-state index in [2.05, 4.69) is 10.1 Å². The highest BCUT2D eigenvalue weighted by molar-refractivity contribution is 5.98. The number of hydrogen-bond donors (Lipinski definition) is 1. The van der Waals surface area contributed by atoms with E-state index in [0.29, 0.717) is 5.56 Å². The maximum Gasteiger partial charge on any atom is 0.325 e. The molecule has 0 bridgehead atoms. The second-order valence-electron chi connectivity index (χ2n) is 3.28. The van der Waals surface area contributed by atoms with Crippen LogP contribution in [0.1, 0.15) is 5.56 Å². The topological polar surface area (TPSA) is 92.1 Å². The zero-order valence-corrected chi connectivity index (χ0v) is 8.74. The number of amides is 1. The van der Waals surface area contributed by atoms with E-state index in [1.165, 1.54) is 6.20 Å². The molecule has 1 N–H and O–H groups in total. The molecular weight excluding hydrogens is 226 g/mol. The van der Waals surface area contributed by atoms with Crippen molar-refractivity contribution in [3.63, 3.8) is 0 Å². The highest BCUT2D eigenvalue weighted by Crippen LogP contribution is 2.08. The molecule has 2 rings (SSSR count). The second kappa shape index (κ2) is 4.60. The fraction of sp³-hybridized carbons (Fsp3) is 0.200. The molecule has 7 nitrogen and oxygen atoms in total. The molecule has 0 saturated heterocycles. The third-order valence-corrected chi connectivity index (χ3v) is 2.03. The Hall–Kier alpha value is -2.44. The predicted molar refractivity (Wildman–Crippen MR) is 56.1 cm³/mol. The molecule has 0 unspecified atom stereocenters. The number of carboxylic acid groups (broad SMARTS) is 1. The van der Waals surface area contributed by atoms with Crippen molar-refractivity contribution in [3.8, 4) is 0 Å². The van der Waals surface area contributed by atoms with Crippen LogP contribution in [0.4, 0.5) is 0 Å². The smallest absolute Gasteiger partial charge is 0.325 e. The molecule has 17 heavy (non-hydrogen) atoms. The van der Waals surface area contributed by atoms with Crippen LogP contribution in [0.15, 0.2) is 29.6 Å². The minimum Gasteiger partial charge on any atom is -0.480 e. The van der Waals surface area contributed by atoms with Crippen molar-refractivity contribution in [1.82, 2.24) is 9.99 Å². The summed E-state index contributed by atoms with van der Waals surface area (Å²) >= 11 is 0. The van der Waals surface area contributed by atoms with E-state index in [4.69, 9.17) is 9.84 Å². The molecular formula is C10H9N3O4. The average molecular weight is 235 g/mol. The zero-order valence-electron chi connectivity index (χ0n) is 8.74. The van der Waals surface area contributed by atoms with Crippen LogP contribution in [0.25, 0.3) is 0 Å². The third-order valence-electron chi connectivity index (χ3n) is 2.03. The Kier molecular flexibility index (Phi) is 2.99. The summed E-state index contributed by atoms with van der Waals surface area (Å²) in [6.45, 7) is -0.701. The Balaban J connectivity index is 2.24. The van der Waals surface area contributed by atoms with Gasteiger partial charge in [-0.05, 0) is 12.1 Å². The summed E-state index contributed by atoms with van der Waals surface area (Å²) in [5.41, 5.74) is 0.593. The summed E-state index contributed by atoms with van der Waals surface area (Å²) in [5, 5.41) is 13.3. The maximum atomic E-state index is 11.3. The van der Waals surface area contributed by atoms with Crippen molar-refractivity contribution in [1.29, 1.82) is 0 Å². The lowest BCUT2D eigenvalue weighted by Crippen LogP contribution is -2.39. The minimum atomic E-state index is -1.13. The summed E-state index contributed by atoms with van der Waals surface area (Å²) < 4.78 is 5.11. The van der Waals surface area contributed by atoms with Crippen LogP contribution < -0.4 is 0 Å². The van der Waals surface area contributed by atoms with Crippen molar-refractivity contribution < 1.29 is 19.4 Å². The van der Waals surface area contributed by atoms with Gasteiger partial charge in [0.25, 0.3) is 5.91 Å². The summed E-state index contributed by atoms with van der Waals surface area (Å²) in [6.07, 6.45) is 3.11. The minimum absolute atomic E-state index is 0.193. The van der Waals surface area contributed by atoms with Crippen molar-refractivity contribution in [3.05, 3.63) is 30.1 Å². The molecule has 1 aliphatic heterocycles. The molecule has 0 aromatic carbocycles. The van der Waals surface area contributed by atoms with Gasteiger partial charge in [0, 0.05) is 12.4 Å². The number of aromatic nitrogens is 1. The monoisotopic (exact) mass is 235 g/mol. The Morgan fingerprint density at radius 3 is 3.06 bits per heavy atom. The summed E-state index contributed by atoms with van der Waals surface area (Å²) in [4.78, 5) is 25.7. The molecule has 0 radical (unpaired) electrons. The standard InChI is InChI=1S/C10H9N3O4/c14-8-6-17-10(7-2-1-3-11-4-7)12-13(8)5-9(15)16/h1-4H,5-6H2,(H,15,16). The number of nitrogens with zero attached hydrogens (tertiary/aromatic N) is 3. The van der Waals surface area contributed by atoms with Gasteiger partial charge in [-0.15, -0.1) is 5.10 Å². The van der Waals surface area contributed by atoms with Crippen LogP contribution >= 0.6 is 0 Å². The zero-order chi connectivity index (χ0) is 12.3. The van der Waals surface area contributed by atoms with Gasteiger partial charge in [-0.25, -0.2) is 5.01 Å². The number of carbonyl (C=O) groups is 2. The summed E-state index contributed by atoms with van der Waals surface area (Å²) in [5.74, 6) is -1.42. The molecule has 1 aromatic rings. The number of pyridine rings is 1. The first-order chi connectivity index (χ1) is 8.16. The molecule has 1 amide bonds. The molecule has 88 valence electrons. The first-order valence-electron chi connectivity index (χ1n) is 4.81. The van der Waals surface area contributed by atoms with Crippen LogP contribution in [0.3, 0.4) is 0 Å². The molecule has 0 atom stereocenters. The Labute approximate surface area is 96.3 Å². The van der Waals surface area contributed by atoms with Gasteiger partial charge in [0.05, 0.1) is 5.56 Å². The normalized spacial score (nSPS) is 15.2. The lowest BCUT2D eigenvalue weighted by Gasteiger charge is -2.22. The first-order valence-corrected chi connectivity index (χ1v) is 4.81. The number of carbonyl (C=O) groups excluding carboxylic acids is 1. The largest absolute Gasteiger partial charge is 0.480 e. The molecule has 1 aliphatic rings. The van der Waals surface area contributed by atoms with E-state index in [-0.39, 0.29) is 12.5 Å². The van der Waals surface area contributed by atoms with Gasteiger partial charge < -0.3 is 9.84 Å². The fourth-order valence-corrected chi connectivity index (χ4v) is 1.28. The van der Waals surface area contributed by atoms with Crippen LogP contribution in [-0.4, -0.2) is 46.0 Å². The lowest BCUT2D eigenvalue weighted by molar-refractivity contribution is -0.146. The number of hydrazone groups is 1. The fourth-order valence-electron chi connectivity index (χ4n) is 1.28. The van der Waals surface area contributed by atoms with Crippen LogP contribution in [0, 0.1) is 0 Å². The maximum absolute atomic E-state index is 11.3. The molecule has 2 heterocycles. The number of hydrogen-bond acceptors (Lipinski definition) is 5. The summed E-state index contributed by atoms with van der Waals surface area (Å²) in [7, 11) is 0. The van der Waals surface area contributed by atoms with Gasteiger partial charge in [0.1, 0.15) is 6.54 Å². The number of ether oxygens (including phenoxy) is 1. The van der Waals surface area contributed by atoms with E-state index in [1.54, 1.807) is 18.3 Å². The molecule has 0 spiro atoms. The molecule has 0 fully saturated rings. The van der Waals surface area contributed by atoms with Crippen LogP contribution in [0.5, 0.6) is 0 Å².